The van der Waals surface area contributed by atoms with E-state index < -0.39 is 4.92 Å². The Bertz CT molecular complexity index is 740. The second-order valence-electron chi connectivity index (χ2n) is 4.62. The fourth-order valence-electron chi connectivity index (χ4n) is 1.71. The summed E-state index contributed by atoms with van der Waals surface area (Å²) in [6, 6.07) is 15.1. The zero-order valence-corrected chi connectivity index (χ0v) is 12.7. The fourth-order valence-corrected chi connectivity index (χ4v) is 1.71. The lowest BCUT2D eigenvalue weighted by atomic mass is 10.2. The highest BCUT2D eigenvalue weighted by Crippen LogP contribution is 2.12. The molecule has 0 spiro atoms. The highest BCUT2D eigenvalue weighted by molar-refractivity contribution is 5.82. The van der Waals surface area contributed by atoms with E-state index >= 15 is 0 Å². The Morgan fingerprint density at radius 3 is 2.54 bits per heavy atom. The topological polar surface area (TPSA) is 93.8 Å². The summed E-state index contributed by atoms with van der Waals surface area (Å²) in [5, 5.41) is 14.3. The molecule has 1 N–H and O–H groups in total. The van der Waals surface area contributed by atoms with Crippen molar-refractivity contribution in [1.82, 2.24) is 5.43 Å². The quantitative estimate of drug-likeness (QED) is 0.481. The third-order valence-electron chi connectivity index (χ3n) is 2.86. The summed E-state index contributed by atoms with van der Waals surface area (Å²) in [6.45, 7) is -0.132. The van der Waals surface area contributed by atoms with Crippen molar-refractivity contribution in [1.29, 1.82) is 0 Å². The standard InChI is InChI=1S/C17H15N3O4/c21-17(13-24-16-6-2-1-3-7-16)19-18-12-4-5-14-8-10-15(11-9-14)20(22)23/h1-12H,13H2,(H,19,21)/b5-4+,18-12-. The molecule has 0 saturated heterocycles. The van der Waals surface area contributed by atoms with Gasteiger partial charge in [0, 0.05) is 18.3 Å². The summed E-state index contributed by atoms with van der Waals surface area (Å²) in [7, 11) is 0. The monoisotopic (exact) mass is 325 g/mol. The largest absolute Gasteiger partial charge is 0.484 e. The van der Waals surface area contributed by atoms with Crippen LogP contribution in [-0.4, -0.2) is 23.7 Å². The molecule has 2 rings (SSSR count). The SMILES string of the molecule is O=C(COc1ccccc1)N/N=C\C=C\c1ccc([N+](=O)[O-])cc1. The first kappa shape index (κ1) is 16.9. The van der Waals surface area contributed by atoms with Gasteiger partial charge in [-0.15, -0.1) is 0 Å². The average Bonchev–Trinajstić information content (AvgIpc) is 2.61. The van der Waals surface area contributed by atoms with Gasteiger partial charge in [0.2, 0.25) is 0 Å². The Morgan fingerprint density at radius 2 is 1.88 bits per heavy atom. The molecular weight excluding hydrogens is 310 g/mol. The maximum Gasteiger partial charge on any atom is 0.277 e. The van der Waals surface area contributed by atoms with Crippen LogP contribution in [0.4, 0.5) is 5.69 Å². The molecule has 0 radical (unpaired) electrons. The number of hydrazone groups is 1. The van der Waals surface area contributed by atoms with Gasteiger partial charge in [-0.2, -0.15) is 5.10 Å². The smallest absolute Gasteiger partial charge is 0.277 e. The molecule has 0 heterocycles. The maximum atomic E-state index is 11.5. The second-order valence-corrected chi connectivity index (χ2v) is 4.62. The van der Waals surface area contributed by atoms with Gasteiger partial charge in [-0.25, -0.2) is 5.43 Å². The number of hydrogen-bond acceptors (Lipinski definition) is 5. The zero-order chi connectivity index (χ0) is 17.2. The number of hydrogen-bond donors (Lipinski definition) is 1. The molecular formula is C17H15N3O4. The molecule has 0 fully saturated rings. The van der Waals surface area contributed by atoms with E-state index in [9.17, 15) is 14.9 Å². The molecule has 0 aliphatic rings. The van der Waals surface area contributed by atoms with Crippen LogP contribution in [0.25, 0.3) is 6.08 Å². The van der Waals surface area contributed by atoms with Crippen molar-refractivity contribution in [2.75, 3.05) is 6.61 Å². The molecule has 0 aliphatic heterocycles. The van der Waals surface area contributed by atoms with Gasteiger partial charge in [0.15, 0.2) is 6.61 Å². The third-order valence-corrected chi connectivity index (χ3v) is 2.86. The molecule has 0 aliphatic carbocycles. The van der Waals surface area contributed by atoms with Crippen LogP contribution in [0, 0.1) is 10.1 Å². The van der Waals surface area contributed by atoms with Crippen LogP contribution in [0.15, 0.2) is 65.8 Å². The van der Waals surface area contributed by atoms with Crippen molar-refractivity contribution < 1.29 is 14.5 Å². The number of amides is 1. The predicted octanol–water partition coefficient (Wildman–Crippen LogP) is 2.79. The summed E-state index contributed by atoms with van der Waals surface area (Å²) >= 11 is 0. The van der Waals surface area contributed by atoms with Gasteiger partial charge in [0.05, 0.1) is 4.92 Å². The fraction of sp³-hybridized carbons (Fsp3) is 0.0588. The third kappa shape index (κ3) is 5.72. The molecule has 0 aromatic heterocycles. The molecule has 0 unspecified atom stereocenters. The number of nitro groups is 1. The summed E-state index contributed by atoms with van der Waals surface area (Å²) in [5.41, 5.74) is 3.15. The van der Waals surface area contributed by atoms with E-state index in [1.54, 1.807) is 36.4 Å². The molecule has 2 aromatic rings. The molecule has 0 atom stereocenters. The minimum atomic E-state index is -0.456. The van der Waals surface area contributed by atoms with Gasteiger partial charge < -0.3 is 4.74 Å². The van der Waals surface area contributed by atoms with Crippen LogP contribution in [-0.2, 0) is 4.79 Å². The van der Waals surface area contributed by atoms with Crippen LogP contribution in [0.1, 0.15) is 5.56 Å². The summed E-state index contributed by atoms with van der Waals surface area (Å²) < 4.78 is 5.27. The van der Waals surface area contributed by atoms with Gasteiger partial charge in [0.1, 0.15) is 5.75 Å². The highest BCUT2D eigenvalue weighted by atomic mass is 16.6. The Balaban J connectivity index is 1.73. The van der Waals surface area contributed by atoms with E-state index in [1.165, 1.54) is 18.3 Å². The second kappa shape index (κ2) is 8.84. The number of ether oxygens (including phenoxy) is 1. The Hall–Kier alpha value is -3.48. The molecule has 1 amide bonds. The van der Waals surface area contributed by atoms with Gasteiger partial charge in [-0.3, -0.25) is 14.9 Å². The molecule has 0 saturated carbocycles. The number of rotatable bonds is 7. The maximum absolute atomic E-state index is 11.5. The first-order chi connectivity index (χ1) is 11.6. The van der Waals surface area contributed by atoms with E-state index in [1.807, 2.05) is 18.2 Å². The Kier molecular flexibility index (Phi) is 6.22. The van der Waals surface area contributed by atoms with Crippen LogP contribution in [0.3, 0.4) is 0 Å². The van der Waals surface area contributed by atoms with Crippen LogP contribution in [0.5, 0.6) is 5.75 Å². The van der Waals surface area contributed by atoms with Crippen molar-refractivity contribution >= 4 is 23.9 Å². The lowest BCUT2D eigenvalue weighted by Gasteiger charge is -2.03. The molecule has 122 valence electrons. The Labute approximate surface area is 138 Å². The number of carbonyl (C=O) groups is 1. The first-order valence-corrected chi connectivity index (χ1v) is 7.06. The van der Waals surface area contributed by atoms with E-state index in [2.05, 4.69) is 10.5 Å². The lowest BCUT2D eigenvalue weighted by Crippen LogP contribution is -2.24. The first-order valence-electron chi connectivity index (χ1n) is 7.06. The van der Waals surface area contributed by atoms with Gasteiger partial charge in [-0.1, -0.05) is 24.3 Å². The molecule has 0 bridgehead atoms. The predicted molar refractivity (Wildman–Crippen MR) is 90.7 cm³/mol. The van der Waals surface area contributed by atoms with Gasteiger partial charge in [-0.05, 0) is 35.9 Å². The molecule has 24 heavy (non-hydrogen) atoms. The average molecular weight is 325 g/mol. The highest BCUT2D eigenvalue weighted by Gasteiger charge is 2.02. The lowest BCUT2D eigenvalue weighted by molar-refractivity contribution is -0.384. The van der Waals surface area contributed by atoms with Gasteiger partial charge >= 0.3 is 0 Å². The van der Waals surface area contributed by atoms with E-state index in [0.29, 0.717) is 5.75 Å². The minimum Gasteiger partial charge on any atom is -0.484 e. The summed E-state index contributed by atoms with van der Waals surface area (Å²) in [4.78, 5) is 21.6. The van der Waals surface area contributed by atoms with Crippen molar-refractivity contribution in [3.63, 3.8) is 0 Å². The zero-order valence-electron chi connectivity index (χ0n) is 12.7. The van der Waals surface area contributed by atoms with Crippen molar-refractivity contribution in [2.24, 2.45) is 5.10 Å². The number of nitrogens with zero attached hydrogens (tertiary/aromatic N) is 2. The van der Waals surface area contributed by atoms with E-state index in [-0.39, 0.29) is 18.2 Å². The van der Waals surface area contributed by atoms with Crippen LogP contribution >= 0.6 is 0 Å². The number of carbonyl (C=O) groups excluding carboxylic acids is 1. The van der Waals surface area contributed by atoms with Gasteiger partial charge in [0.25, 0.3) is 11.6 Å². The number of benzene rings is 2. The van der Waals surface area contributed by atoms with Crippen molar-refractivity contribution in [3.05, 3.63) is 76.4 Å². The molecule has 7 heteroatoms. The van der Waals surface area contributed by atoms with Crippen LogP contribution in [0.2, 0.25) is 0 Å². The van der Waals surface area contributed by atoms with Crippen molar-refractivity contribution in [2.45, 2.75) is 0 Å². The summed E-state index contributed by atoms with van der Waals surface area (Å²) in [5.74, 6) is 0.230. The Morgan fingerprint density at radius 1 is 1.17 bits per heavy atom. The number of non-ortho nitro benzene ring substituents is 1. The van der Waals surface area contributed by atoms with Crippen molar-refractivity contribution in [3.8, 4) is 5.75 Å². The van der Waals surface area contributed by atoms with Crippen LogP contribution < -0.4 is 10.2 Å². The number of para-hydroxylation sites is 1. The number of nitrogens with one attached hydrogen (secondary N) is 1. The molecule has 7 nitrogen and oxygen atoms in total. The van der Waals surface area contributed by atoms with E-state index in [0.717, 1.165) is 5.56 Å². The number of allylic oxidation sites excluding steroid dienone is 1. The normalized spacial score (nSPS) is 10.8. The van der Waals surface area contributed by atoms with E-state index in [4.69, 9.17) is 4.74 Å². The number of nitro benzene ring substituents is 1. The molecule has 2 aromatic carbocycles. The summed E-state index contributed by atoms with van der Waals surface area (Å²) in [6.07, 6.45) is 4.72. The minimum absolute atomic E-state index is 0.0338.